The molecule has 1 saturated heterocycles. The van der Waals surface area contributed by atoms with E-state index < -0.39 is 0 Å². The fourth-order valence-corrected chi connectivity index (χ4v) is 3.76. The highest BCUT2D eigenvalue weighted by Gasteiger charge is 2.58. The van der Waals surface area contributed by atoms with Gasteiger partial charge in [-0.2, -0.15) is 0 Å². The Hall–Kier alpha value is -1.46. The van der Waals surface area contributed by atoms with Gasteiger partial charge in [-0.25, -0.2) is 0 Å². The topological polar surface area (TPSA) is 50.8 Å². The van der Waals surface area contributed by atoms with E-state index in [-0.39, 0.29) is 29.6 Å². The second-order valence-electron chi connectivity index (χ2n) is 6.74. The number of ether oxygens (including phenoxy) is 2. The van der Waals surface area contributed by atoms with Gasteiger partial charge in [0.15, 0.2) is 0 Å². The first-order valence-electron chi connectivity index (χ1n) is 8.26. The van der Waals surface area contributed by atoms with Gasteiger partial charge >= 0.3 is 0 Å². The van der Waals surface area contributed by atoms with Crippen LogP contribution in [0, 0.1) is 11.3 Å². The number of benzene rings is 1. The van der Waals surface area contributed by atoms with Crippen LogP contribution < -0.4 is 14.8 Å². The summed E-state index contributed by atoms with van der Waals surface area (Å²) in [5, 5.41) is 3.38. The SMILES string of the molecule is COc1ccc(CN(C)C(=O)C2CC23CCNCC3)c(OC)c1.Cl. The third kappa shape index (κ3) is 3.62. The molecular formula is C18H27ClN2O3. The molecule has 1 amide bonds. The zero-order chi connectivity index (χ0) is 16.4. The van der Waals surface area contributed by atoms with Crippen LogP contribution in [0.25, 0.3) is 0 Å². The highest BCUT2D eigenvalue weighted by molar-refractivity contribution is 5.85. The fourth-order valence-electron chi connectivity index (χ4n) is 3.76. The van der Waals surface area contributed by atoms with Crippen LogP contribution in [0.5, 0.6) is 11.5 Å². The van der Waals surface area contributed by atoms with Crippen LogP contribution in [0.3, 0.4) is 0 Å². The summed E-state index contributed by atoms with van der Waals surface area (Å²) in [6, 6.07) is 5.73. The van der Waals surface area contributed by atoms with Crippen LogP contribution in [0.1, 0.15) is 24.8 Å². The van der Waals surface area contributed by atoms with Crippen molar-refractivity contribution in [1.29, 1.82) is 0 Å². The smallest absolute Gasteiger partial charge is 0.226 e. The molecule has 1 aromatic rings. The first-order chi connectivity index (χ1) is 11.1. The van der Waals surface area contributed by atoms with Crippen molar-refractivity contribution in [2.75, 3.05) is 34.4 Å². The van der Waals surface area contributed by atoms with Gasteiger partial charge in [0.05, 0.1) is 14.2 Å². The van der Waals surface area contributed by atoms with Crippen molar-refractivity contribution in [1.82, 2.24) is 10.2 Å². The van der Waals surface area contributed by atoms with Crippen molar-refractivity contribution in [3.05, 3.63) is 23.8 Å². The zero-order valence-corrected chi connectivity index (χ0v) is 15.4. The molecule has 3 rings (SSSR count). The quantitative estimate of drug-likeness (QED) is 0.882. The van der Waals surface area contributed by atoms with Crippen LogP contribution in [-0.2, 0) is 11.3 Å². The van der Waals surface area contributed by atoms with Gasteiger partial charge in [-0.3, -0.25) is 4.79 Å². The van der Waals surface area contributed by atoms with Crippen molar-refractivity contribution >= 4 is 18.3 Å². The summed E-state index contributed by atoms with van der Waals surface area (Å²) in [4.78, 5) is 14.6. The third-order valence-electron chi connectivity index (χ3n) is 5.37. The van der Waals surface area contributed by atoms with Gasteiger partial charge in [-0.05, 0) is 49.9 Å². The molecule has 0 bridgehead atoms. The van der Waals surface area contributed by atoms with Crippen LogP contribution >= 0.6 is 12.4 Å². The minimum Gasteiger partial charge on any atom is -0.497 e. The molecule has 24 heavy (non-hydrogen) atoms. The van der Waals surface area contributed by atoms with Gasteiger partial charge in [-0.15, -0.1) is 12.4 Å². The first kappa shape index (κ1) is 18.9. The number of carbonyl (C=O) groups excluding carboxylic acids is 1. The lowest BCUT2D eigenvalue weighted by Crippen LogP contribution is -2.34. The molecule has 1 unspecified atom stereocenters. The second-order valence-corrected chi connectivity index (χ2v) is 6.74. The largest absolute Gasteiger partial charge is 0.497 e. The number of hydrogen-bond donors (Lipinski definition) is 1. The summed E-state index contributed by atoms with van der Waals surface area (Å²) < 4.78 is 10.6. The Balaban J connectivity index is 0.00000208. The Bertz CT molecular complexity index is 588. The maximum atomic E-state index is 12.7. The number of nitrogens with one attached hydrogen (secondary N) is 1. The Morgan fingerprint density at radius 1 is 1.29 bits per heavy atom. The average Bonchev–Trinajstić information content (AvgIpc) is 3.27. The second kappa shape index (κ2) is 7.62. The van der Waals surface area contributed by atoms with Gasteiger partial charge in [0.1, 0.15) is 11.5 Å². The Kier molecular flexibility index (Phi) is 5.99. The van der Waals surface area contributed by atoms with Crippen molar-refractivity contribution in [3.63, 3.8) is 0 Å². The average molecular weight is 355 g/mol. The molecule has 1 atom stereocenters. The van der Waals surface area contributed by atoms with Crippen molar-refractivity contribution in [2.24, 2.45) is 11.3 Å². The molecule has 1 spiro atoms. The van der Waals surface area contributed by atoms with Gasteiger partial charge < -0.3 is 19.7 Å². The van der Waals surface area contributed by atoms with Crippen molar-refractivity contribution in [2.45, 2.75) is 25.8 Å². The van der Waals surface area contributed by atoms with E-state index >= 15 is 0 Å². The Labute approximate surface area is 150 Å². The molecule has 134 valence electrons. The van der Waals surface area contributed by atoms with E-state index in [4.69, 9.17) is 9.47 Å². The lowest BCUT2D eigenvalue weighted by molar-refractivity contribution is -0.132. The predicted octanol–water partition coefficient (Wildman–Crippen LogP) is 2.47. The van der Waals surface area contributed by atoms with Crippen LogP contribution in [-0.4, -0.2) is 45.2 Å². The molecule has 1 aliphatic carbocycles. The van der Waals surface area contributed by atoms with Gasteiger partial charge in [0, 0.05) is 31.1 Å². The lowest BCUT2D eigenvalue weighted by atomic mass is 9.91. The number of carbonyl (C=O) groups is 1. The molecule has 2 fully saturated rings. The molecule has 5 nitrogen and oxygen atoms in total. The number of methoxy groups -OCH3 is 2. The summed E-state index contributed by atoms with van der Waals surface area (Å²) in [5.74, 6) is 2.00. The van der Waals surface area contributed by atoms with Gasteiger partial charge in [-0.1, -0.05) is 0 Å². The predicted molar refractivity (Wildman–Crippen MR) is 95.9 cm³/mol. The van der Waals surface area contributed by atoms with Crippen LogP contribution in [0.4, 0.5) is 0 Å². The summed E-state index contributed by atoms with van der Waals surface area (Å²) in [5.41, 5.74) is 1.28. The number of rotatable bonds is 5. The minimum atomic E-state index is 0. The van der Waals surface area contributed by atoms with E-state index in [0.29, 0.717) is 6.54 Å². The van der Waals surface area contributed by atoms with E-state index in [1.54, 1.807) is 14.2 Å². The third-order valence-corrected chi connectivity index (χ3v) is 5.37. The zero-order valence-electron chi connectivity index (χ0n) is 14.6. The Morgan fingerprint density at radius 2 is 2.00 bits per heavy atom. The van der Waals surface area contributed by atoms with E-state index in [0.717, 1.165) is 49.4 Å². The highest BCUT2D eigenvalue weighted by Crippen LogP contribution is 2.59. The monoisotopic (exact) mass is 354 g/mol. The lowest BCUT2D eigenvalue weighted by Gasteiger charge is -2.25. The molecule has 1 N–H and O–H groups in total. The minimum absolute atomic E-state index is 0. The highest BCUT2D eigenvalue weighted by atomic mass is 35.5. The first-order valence-corrected chi connectivity index (χ1v) is 8.26. The summed E-state index contributed by atoms with van der Waals surface area (Å²) >= 11 is 0. The standard InChI is InChI=1S/C18H26N2O3.ClH/c1-20(12-13-4-5-14(22-2)10-16(13)23-3)17(21)15-11-18(15)6-8-19-9-7-18;/h4-5,10,15,19H,6-9,11-12H2,1-3H3;1H. The molecule has 0 aromatic heterocycles. The summed E-state index contributed by atoms with van der Waals surface area (Å²) in [6.07, 6.45) is 3.31. The number of halogens is 1. The summed E-state index contributed by atoms with van der Waals surface area (Å²) in [7, 11) is 5.17. The van der Waals surface area contributed by atoms with Gasteiger partial charge in [0.2, 0.25) is 5.91 Å². The van der Waals surface area contributed by atoms with Crippen LogP contribution in [0.15, 0.2) is 18.2 Å². The van der Waals surface area contributed by atoms with E-state index in [1.165, 1.54) is 0 Å². The number of nitrogens with zero attached hydrogens (tertiary/aromatic N) is 1. The summed E-state index contributed by atoms with van der Waals surface area (Å²) in [6.45, 7) is 2.65. The number of amides is 1. The number of hydrogen-bond acceptors (Lipinski definition) is 4. The maximum absolute atomic E-state index is 12.7. The number of piperidine rings is 1. The van der Waals surface area contributed by atoms with Crippen LogP contribution in [0.2, 0.25) is 0 Å². The normalized spacial score (nSPS) is 20.9. The molecule has 2 aliphatic rings. The van der Waals surface area contributed by atoms with Crippen molar-refractivity contribution < 1.29 is 14.3 Å². The van der Waals surface area contributed by atoms with Crippen molar-refractivity contribution in [3.8, 4) is 11.5 Å². The molecular weight excluding hydrogens is 328 g/mol. The molecule has 1 aromatic carbocycles. The maximum Gasteiger partial charge on any atom is 0.226 e. The van der Waals surface area contributed by atoms with E-state index in [2.05, 4.69) is 5.32 Å². The molecule has 1 heterocycles. The Morgan fingerprint density at radius 3 is 2.62 bits per heavy atom. The van der Waals surface area contributed by atoms with E-state index in [9.17, 15) is 4.79 Å². The van der Waals surface area contributed by atoms with E-state index in [1.807, 2.05) is 30.1 Å². The molecule has 1 aliphatic heterocycles. The molecule has 1 saturated carbocycles. The molecule has 6 heteroatoms. The van der Waals surface area contributed by atoms with Gasteiger partial charge in [0.25, 0.3) is 0 Å². The molecule has 0 radical (unpaired) electrons. The fraction of sp³-hybridized carbons (Fsp3) is 0.611.